The van der Waals surface area contributed by atoms with Crippen LogP contribution in [0.15, 0.2) is 54.6 Å². The Morgan fingerprint density at radius 3 is 2.45 bits per heavy atom. The first-order chi connectivity index (χ1) is 10.8. The lowest BCUT2D eigenvalue weighted by Crippen LogP contribution is -2.30. The molecular formula is C19H21NO2. The van der Waals surface area contributed by atoms with Gasteiger partial charge < -0.3 is 10.1 Å². The van der Waals surface area contributed by atoms with E-state index in [1.165, 1.54) is 24.7 Å². The third kappa shape index (κ3) is 3.20. The molecule has 1 aliphatic rings. The zero-order valence-electron chi connectivity index (χ0n) is 12.8. The molecule has 1 saturated heterocycles. The van der Waals surface area contributed by atoms with Crippen LogP contribution in [-0.2, 0) is 4.74 Å². The first-order valence-corrected chi connectivity index (χ1v) is 7.74. The summed E-state index contributed by atoms with van der Waals surface area (Å²) in [6, 6.07) is 18.8. The van der Waals surface area contributed by atoms with Gasteiger partial charge in [-0.25, -0.2) is 4.79 Å². The van der Waals surface area contributed by atoms with E-state index >= 15 is 0 Å². The van der Waals surface area contributed by atoms with Gasteiger partial charge in [0, 0.05) is 6.04 Å². The summed E-state index contributed by atoms with van der Waals surface area (Å²) < 4.78 is 4.74. The molecule has 1 heterocycles. The van der Waals surface area contributed by atoms with Crippen molar-refractivity contribution < 1.29 is 9.53 Å². The van der Waals surface area contributed by atoms with E-state index in [4.69, 9.17) is 4.74 Å². The topological polar surface area (TPSA) is 38.3 Å². The monoisotopic (exact) mass is 295 g/mol. The van der Waals surface area contributed by atoms with Crippen molar-refractivity contribution in [3.8, 4) is 0 Å². The molecular weight excluding hydrogens is 274 g/mol. The molecule has 1 unspecified atom stereocenters. The third-order valence-corrected chi connectivity index (χ3v) is 4.41. The van der Waals surface area contributed by atoms with Gasteiger partial charge in [0.2, 0.25) is 0 Å². The second-order valence-electron chi connectivity index (χ2n) is 5.75. The van der Waals surface area contributed by atoms with Crippen LogP contribution in [0.25, 0.3) is 0 Å². The maximum atomic E-state index is 11.5. The Morgan fingerprint density at radius 1 is 1.05 bits per heavy atom. The Balaban J connectivity index is 1.73. The number of hydrogen-bond donors (Lipinski definition) is 1. The predicted molar refractivity (Wildman–Crippen MR) is 86.9 cm³/mol. The number of benzene rings is 2. The lowest BCUT2D eigenvalue weighted by atomic mass is 9.84. The minimum absolute atomic E-state index is 0.287. The number of hydrogen-bond acceptors (Lipinski definition) is 3. The molecule has 3 nitrogen and oxygen atoms in total. The number of nitrogens with one attached hydrogen (secondary N) is 1. The van der Waals surface area contributed by atoms with E-state index in [2.05, 4.69) is 35.6 Å². The Bertz CT molecular complexity index is 622. The van der Waals surface area contributed by atoms with Gasteiger partial charge in [0.25, 0.3) is 0 Å². The van der Waals surface area contributed by atoms with Gasteiger partial charge in [0.1, 0.15) is 0 Å². The smallest absolute Gasteiger partial charge is 0.337 e. The van der Waals surface area contributed by atoms with E-state index in [0.717, 1.165) is 13.0 Å². The molecule has 2 atom stereocenters. The van der Waals surface area contributed by atoms with E-state index in [1.807, 2.05) is 24.3 Å². The van der Waals surface area contributed by atoms with Crippen LogP contribution < -0.4 is 5.32 Å². The van der Waals surface area contributed by atoms with Gasteiger partial charge in [-0.15, -0.1) is 0 Å². The summed E-state index contributed by atoms with van der Waals surface area (Å²) in [6.07, 6.45) is 2.25. The van der Waals surface area contributed by atoms with Crippen molar-refractivity contribution in [3.63, 3.8) is 0 Å². The number of methoxy groups -OCH3 is 1. The molecule has 0 spiro atoms. The maximum Gasteiger partial charge on any atom is 0.337 e. The Kier molecular flexibility index (Phi) is 4.54. The lowest BCUT2D eigenvalue weighted by Gasteiger charge is -2.31. The zero-order valence-corrected chi connectivity index (χ0v) is 12.8. The molecule has 3 heteroatoms. The molecule has 2 aromatic carbocycles. The highest BCUT2D eigenvalue weighted by Crippen LogP contribution is 2.34. The highest BCUT2D eigenvalue weighted by atomic mass is 16.5. The van der Waals surface area contributed by atoms with Gasteiger partial charge in [-0.2, -0.15) is 0 Å². The number of carbonyl (C=O) groups is 1. The summed E-state index contributed by atoms with van der Waals surface area (Å²) in [6.45, 7) is 1.02. The second-order valence-corrected chi connectivity index (χ2v) is 5.75. The van der Waals surface area contributed by atoms with Crippen LogP contribution in [0.1, 0.15) is 46.3 Å². The average Bonchev–Trinajstić information content (AvgIpc) is 2.62. The summed E-state index contributed by atoms with van der Waals surface area (Å²) in [4.78, 5) is 11.5. The van der Waals surface area contributed by atoms with E-state index in [-0.39, 0.29) is 5.97 Å². The standard InChI is InChI=1S/C19H21NO2/c1-22-19(21)16-9-7-15(8-10-16)18-13-17(11-12-20-18)14-5-3-2-4-6-14/h2-10,17-18,20H,11-13H2,1H3/t17?,18-/m0/s1. The Labute approximate surface area is 131 Å². The first kappa shape index (κ1) is 14.8. The fraction of sp³-hybridized carbons (Fsp3) is 0.316. The summed E-state index contributed by atoms with van der Waals surface area (Å²) in [5.41, 5.74) is 3.25. The largest absolute Gasteiger partial charge is 0.465 e. The summed E-state index contributed by atoms with van der Waals surface area (Å²) in [5, 5.41) is 3.58. The number of carbonyl (C=O) groups excluding carboxylic acids is 1. The molecule has 114 valence electrons. The quantitative estimate of drug-likeness (QED) is 0.878. The minimum atomic E-state index is -0.287. The summed E-state index contributed by atoms with van der Waals surface area (Å²) >= 11 is 0. The number of piperidine rings is 1. The van der Waals surface area contributed by atoms with Crippen molar-refractivity contribution >= 4 is 5.97 Å². The Morgan fingerprint density at radius 2 is 1.77 bits per heavy atom. The lowest BCUT2D eigenvalue weighted by molar-refractivity contribution is 0.0600. The van der Waals surface area contributed by atoms with Crippen molar-refractivity contribution in [2.45, 2.75) is 24.8 Å². The molecule has 0 aromatic heterocycles. The van der Waals surface area contributed by atoms with E-state index < -0.39 is 0 Å². The first-order valence-electron chi connectivity index (χ1n) is 7.74. The summed E-state index contributed by atoms with van der Waals surface area (Å²) in [7, 11) is 1.41. The molecule has 3 rings (SSSR count). The molecule has 0 radical (unpaired) electrons. The molecule has 0 bridgehead atoms. The van der Waals surface area contributed by atoms with Crippen LogP contribution in [0.5, 0.6) is 0 Å². The third-order valence-electron chi connectivity index (χ3n) is 4.41. The van der Waals surface area contributed by atoms with Crippen LogP contribution >= 0.6 is 0 Å². The number of rotatable bonds is 3. The number of esters is 1. The van der Waals surface area contributed by atoms with E-state index in [0.29, 0.717) is 17.5 Å². The van der Waals surface area contributed by atoms with Crippen molar-refractivity contribution in [3.05, 3.63) is 71.3 Å². The molecule has 0 amide bonds. The maximum absolute atomic E-state index is 11.5. The van der Waals surface area contributed by atoms with Crippen LogP contribution in [-0.4, -0.2) is 19.6 Å². The summed E-state index contributed by atoms with van der Waals surface area (Å²) in [5.74, 6) is 0.304. The van der Waals surface area contributed by atoms with Crippen LogP contribution in [0, 0.1) is 0 Å². The number of ether oxygens (including phenoxy) is 1. The minimum Gasteiger partial charge on any atom is -0.465 e. The SMILES string of the molecule is COC(=O)c1ccc([C@@H]2CC(c3ccccc3)CCN2)cc1. The molecule has 0 saturated carbocycles. The van der Waals surface area contributed by atoms with Crippen LogP contribution in [0.4, 0.5) is 0 Å². The van der Waals surface area contributed by atoms with E-state index in [1.54, 1.807) is 0 Å². The average molecular weight is 295 g/mol. The molecule has 1 aliphatic heterocycles. The fourth-order valence-electron chi connectivity index (χ4n) is 3.17. The van der Waals surface area contributed by atoms with Gasteiger partial charge in [-0.1, -0.05) is 42.5 Å². The van der Waals surface area contributed by atoms with Gasteiger partial charge in [-0.3, -0.25) is 0 Å². The highest BCUT2D eigenvalue weighted by molar-refractivity contribution is 5.89. The predicted octanol–water partition coefficient (Wildman–Crippen LogP) is 3.68. The molecule has 22 heavy (non-hydrogen) atoms. The van der Waals surface area contributed by atoms with Crippen LogP contribution in [0.3, 0.4) is 0 Å². The molecule has 1 fully saturated rings. The fourth-order valence-corrected chi connectivity index (χ4v) is 3.17. The van der Waals surface area contributed by atoms with Gasteiger partial charge >= 0.3 is 5.97 Å². The van der Waals surface area contributed by atoms with Crippen molar-refractivity contribution in [1.29, 1.82) is 0 Å². The Hall–Kier alpha value is -2.13. The van der Waals surface area contributed by atoms with Gasteiger partial charge in [0.05, 0.1) is 12.7 Å². The van der Waals surface area contributed by atoms with Crippen molar-refractivity contribution in [2.24, 2.45) is 0 Å². The van der Waals surface area contributed by atoms with Gasteiger partial charge in [-0.05, 0) is 48.6 Å². The zero-order chi connectivity index (χ0) is 15.4. The molecule has 2 aromatic rings. The molecule has 0 aliphatic carbocycles. The van der Waals surface area contributed by atoms with Crippen LogP contribution in [0.2, 0.25) is 0 Å². The second kappa shape index (κ2) is 6.75. The van der Waals surface area contributed by atoms with Crippen molar-refractivity contribution in [2.75, 3.05) is 13.7 Å². The van der Waals surface area contributed by atoms with Crippen molar-refractivity contribution in [1.82, 2.24) is 5.32 Å². The molecule has 1 N–H and O–H groups in total. The highest BCUT2D eigenvalue weighted by Gasteiger charge is 2.23. The van der Waals surface area contributed by atoms with E-state index in [9.17, 15) is 4.79 Å². The van der Waals surface area contributed by atoms with Gasteiger partial charge in [0.15, 0.2) is 0 Å². The normalized spacial score (nSPS) is 21.3.